The number of methoxy groups -OCH3 is 1. The number of hydrogen-bond acceptors (Lipinski definition) is 7. The average Bonchev–Trinajstić information content (AvgIpc) is 3.31. The van der Waals surface area contributed by atoms with Crippen LogP contribution in [0.4, 0.5) is 0 Å². The molecular weight excluding hydrogens is 558 g/mol. The Morgan fingerprint density at radius 2 is 1.70 bits per heavy atom. The molecule has 0 spiro atoms. The summed E-state index contributed by atoms with van der Waals surface area (Å²) in [6.07, 6.45) is 5.33. The van der Waals surface area contributed by atoms with E-state index in [2.05, 4.69) is 25.8 Å². The Labute approximate surface area is 262 Å². The van der Waals surface area contributed by atoms with Crippen LogP contribution in [-0.4, -0.2) is 57.2 Å². The summed E-state index contributed by atoms with van der Waals surface area (Å²) in [6, 6.07) is 5.82. The van der Waals surface area contributed by atoms with Crippen molar-refractivity contribution in [3.63, 3.8) is 0 Å². The zero-order chi connectivity index (χ0) is 32.4. The van der Waals surface area contributed by atoms with Gasteiger partial charge >= 0.3 is 5.97 Å². The monoisotopic (exact) mass is 609 g/mol. The fourth-order valence-corrected chi connectivity index (χ4v) is 6.79. The van der Waals surface area contributed by atoms with Gasteiger partial charge in [-0.3, -0.25) is 4.79 Å². The first-order chi connectivity index (χ1) is 20.6. The maximum absolute atomic E-state index is 14.5. The first kappa shape index (κ1) is 33.7. The van der Waals surface area contributed by atoms with Gasteiger partial charge in [0.25, 0.3) is 0 Å². The van der Waals surface area contributed by atoms with Crippen molar-refractivity contribution in [2.24, 2.45) is 17.3 Å². The molecule has 44 heavy (non-hydrogen) atoms. The SMILES string of the molecule is COc1nc(C(C)(C)C)ccc1CO[C@H]1[C@H](C(C)(C)C)[C@@H](C(=O)O)N(C(=O)C2CCCCC2)[C@H]1c1cccnc1OC(C)C. The van der Waals surface area contributed by atoms with Gasteiger partial charge in [0.1, 0.15) is 6.04 Å². The molecule has 0 bridgehead atoms. The molecule has 1 saturated heterocycles. The Bertz CT molecular complexity index is 1310. The molecule has 0 unspecified atom stereocenters. The van der Waals surface area contributed by atoms with Crippen LogP contribution < -0.4 is 9.47 Å². The molecule has 9 heteroatoms. The minimum absolute atomic E-state index is 0.129. The third-order valence-electron chi connectivity index (χ3n) is 8.87. The molecule has 242 valence electrons. The quantitative estimate of drug-likeness (QED) is 0.333. The molecule has 9 nitrogen and oxygen atoms in total. The molecule has 2 fully saturated rings. The summed E-state index contributed by atoms with van der Waals surface area (Å²) in [5.41, 5.74) is 1.61. The molecule has 3 heterocycles. The highest BCUT2D eigenvalue weighted by atomic mass is 16.5. The van der Waals surface area contributed by atoms with E-state index in [1.54, 1.807) is 24.3 Å². The van der Waals surface area contributed by atoms with Crippen LogP contribution in [0.3, 0.4) is 0 Å². The van der Waals surface area contributed by atoms with E-state index in [9.17, 15) is 14.7 Å². The number of carbonyl (C=O) groups is 2. The van der Waals surface area contributed by atoms with E-state index < -0.39 is 35.5 Å². The summed E-state index contributed by atoms with van der Waals surface area (Å²) in [5.74, 6) is -1.07. The molecule has 1 amide bonds. The number of aliphatic carboxylic acids is 1. The molecule has 0 radical (unpaired) electrons. The third kappa shape index (κ3) is 7.19. The topological polar surface area (TPSA) is 111 Å². The first-order valence-electron chi connectivity index (χ1n) is 16.0. The Balaban J connectivity index is 1.86. The Kier molecular flexibility index (Phi) is 10.3. The third-order valence-corrected chi connectivity index (χ3v) is 8.87. The summed E-state index contributed by atoms with van der Waals surface area (Å²) in [5, 5.41) is 10.8. The lowest BCUT2D eigenvalue weighted by molar-refractivity contribution is -0.154. The molecule has 2 aliphatic rings. The van der Waals surface area contributed by atoms with Crippen molar-refractivity contribution >= 4 is 11.9 Å². The van der Waals surface area contributed by atoms with Crippen LogP contribution in [0.15, 0.2) is 30.5 Å². The van der Waals surface area contributed by atoms with Crippen LogP contribution >= 0.6 is 0 Å². The number of carboxylic acids is 1. The van der Waals surface area contributed by atoms with Crippen molar-refractivity contribution in [2.75, 3.05) is 7.11 Å². The minimum Gasteiger partial charge on any atom is -0.481 e. The van der Waals surface area contributed by atoms with Crippen molar-refractivity contribution in [3.05, 3.63) is 47.3 Å². The van der Waals surface area contributed by atoms with Crippen LogP contribution in [0.1, 0.15) is 110 Å². The first-order valence-corrected chi connectivity index (χ1v) is 16.0. The van der Waals surface area contributed by atoms with Gasteiger partial charge in [-0.25, -0.2) is 14.8 Å². The second kappa shape index (κ2) is 13.4. The summed E-state index contributed by atoms with van der Waals surface area (Å²) < 4.78 is 18.7. The van der Waals surface area contributed by atoms with E-state index in [0.29, 0.717) is 17.3 Å². The molecule has 4 atom stereocenters. The van der Waals surface area contributed by atoms with Crippen LogP contribution in [0, 0.1) is 17.3 Å². The van der Waals surface area contributed by atoms with E-state index >= 15 is 0 Å². The highest BCUT2D eigenvalue weighted by molar-refractivity contribution is 5.87. The lowest BCUT2D eigenvalue weighted by Gasteiger charge is -2.35. The fourth-order valence-electron chi connectivity index (χ4n) is 6.79. The normalized spacial score (nSPS) is 23.2. The number of pyridine rings is 2. The number of nitrogens with zero attached hydrogens (tertiary/aromatic N) is 3. The van der Waals surface area contributed by atoms with Crippen LogP contribution in [0.2, 0.25) is 0 Å². The molecule has 1 aliphatic carbocycles. The van der Waals surface area contributed by atoms with Gasteiger partial charge in [-0.05, 0) is 56.4 Å². The van der Waals surface area contributed by atoms with Crippen molar-refractivity contribution in [2.45, 2.75) is 124 Å². The van der Waals surface area contributed by atoms with E-state index in [-0.39, 0.29) is 30.0 Å². The van der Waals surface area contributed by atoms with Crippen molar-refractivity contribution < 1.29 is 28.9 Å². The predicted octanol–water partition coefficient (Wildman–Crippen LogP) is 6.73. The minimum atomic E-state index is -1.09. The van der Waals surface area contributed by atoms with Crippen molar-refractivity contribution in [1.82, 2.24) is 14.9 Å². The van der Waals surface area contributed by atoms with E-state index in [4.69, 9.17) is 19.2 Å². The number of ether oxygens (including phenoxy) is 3. The maximum atomic E-state index is 14.5. The van der Waals surface area contributed by atoms with Crippen molar-refractivity contribution in [1.29, 1.82) is 0 Å². The average molecular weight is 610 g/mol. The van der Waals surface area contributed by atoms with Gasteiger partial charge in [0, 0.05) is 40.3 Å². The van der Waals surface area contributed by atoms with Gasteiger partial charge in [-0.15, -0.1) is 0 Å². The van der Waals surface area contributed by atoms with Crippen LogP contribution in [0.5, 0.6) is 11.8 Å². The number of hydrogen-bond donors (Lipinski definition) is 1. The van der Waals surface area contributed by atoms with E-state index in [1.807, 2.05) is 52.8 Å². The van der Waals surface area contributed by atoms with E-state index in [0.717, 1.165) is 43.4 Å². The fraction of sp³-hybridized carbons (Fsp3) is 0.657. The molecule has 2 aromatic rings. The molecular formula is C35H51N3O6. The second-order valence-electron chi connectivity index (χ2n) is 14.7. The zero-order valence-electron chi connectivity index (χ0n) is 27.9. The van der Waals surface area contributed by atoms with Crippen LogP contribution in [0.25, 0.3) is 0 Å². The number of rotatable bonds is 9. The standard InChI is InChI=1S/C35H51N3O6/c1-21(2)44-31-24(16-13-19-36-31)27-29(43-20-23-17-18-25(34(3,4)5)37-30(23)42-9)26(35(6,7)8)28(33(40)41)38(27)32(39)22-14-11-10-12-15-22/h13,16-19,21-22,26-29H,10-12,14-15,20H2,1-9H3,(H,40,41)/t26-,27+,28+,29+/m1/s1. The second-order valence-corrected chi connectivity index (χ2v) is 14.7. The lowest BCUT2D eigenvalue weighted by Crippen LogP contribution is -2.49. The Morgan fingerprint density at radius 3 is 2.27 bits per heavy atom. The van der Waals surface area contributed by atoms with Gasteiger partial charge < -0.3 is 24.2 Å². The van der Waals surface area contributed by atoms with Gasteiger partial charge in [0.05, 0.1) is 32.0 Å². The molecule has 1 N–H and O–H groups in total. The number of amides is 1. The summed E-state index contributed by atoms with van der Waals surface area (Å²) in [4.78, 5) is 38.6. The summed E-state index contributed by atoms with van der Waals surface area (Å²) >= 11 is 0. The van der Waals surface area contributed by atoms with Gasteiger partial charge in [-0.1, -0.05) is 60.8 Å². The Morgan fingerprint density at radius 1 is 1.02 bits per heavy atom. The lowest BCUT2D eigenvalue weighted by atomic mass is 9.73. The van der Waals surface area contributed by atoms with Gasteiger partial charge in [-0.2, -0.15) is 0 Å². The Hall–Kier alpha value is -3.20. The largest absolute Gasteiger partial charge is 0.481 e. The molecule has 4 rings (SSSR count). The highest BCUT2D eigenvalue weighted by Gasteiger charge is 2.60. The molecule has 0 aromatic carbocycles. The molecule has 2 aromatic heterocycles. The highest BCUT2D eigenvalue weighted by Crippen LogP contribution is 2.52. The number of likely N-dealkylation sites (tertiary alicyclic amines) is 1. The zero-order valence-corrected chi connectivity index (χ0v) is 27.9. The number of carbonyl (C=O) groups excluding carboxylic acids is 1. The van der Waals surface area contributed by atoms with E-state index in [1.165, 1.54) is 0 Å². The van der Waals surface area contributed by atoms with Gasteiger partial charge in [0.2, 0.25) is 17.7 Å². The van der Waals surface area contributed by atoms with Crippen molar-refractivity contribution in [3.8, 4) is 11.8 Å². The van der Waals surface area contributed by atoms with Crippen LogP contribution in [-0.2, 0) is 26.3 Å². The number of carboxylic acid groups (broad SMARTS) is 1. The molecule has 1 aliphatic heterocycles. The smallest absolute Gasteiger partial charge is 0.326 e. The summed E-state index contributed by atoms with van der Waals surface area (Å²) in [6.45, 7) is 16.3. The molecule has 1 saturated carbocycles. The summed E-state index contributed by atoms with van der Waals surface area (Å²) in [7, 11) is 1.59. The number of aromatic nitrogens is 2. The van der Waals surface area contributed by atoms with Gasteiger partial charge in [0.15, 0.2) is 0 Å². The predicted molar refractivity (Wildman–Crippen MR) is 169 cm³/mol. The maximum Gasteiger partial charge on any atom is 0.326 e.